The van der Waals surface area contributed by atoms with Crippen molar-refractivity contribution in [2.24, 2.45) is 0 Å². The van der Waals surface area contributed by atoms with Crippen LogP contribution in [0.3, 0.4) is 0 Å². The van der Waals surface area contributed by atoms with Gasteiger partial charge in [0.05, 0.1) is 6.61 Å². The fourth-order valence-corrected chi connectivity index (χ4v) is 2.43. The monoisotopic (exact) mass is 175 g/mol. The Kier molecular flexibility index (Phi) is 1.29. The second-order valence-corrected chi connectivity index (χ2v) is 4.11. The van der Waals surface area contributed by atoms with E-state index in [0.717, 1.165) is 13.0 Å². The van der Waals surface area contributed by atoms with Crippen LogP contribution in [0.15, 0.2) is 24.3 Å². The molecule has 68 valence electrons. The average Bonchev–Trinajstić information content (AvgIpc) is 2.60. The van der Waals surface area contributed by atoms with Crippen LogP contribution in [0.5, 0.6) is 0 Å². The van der Waals surface area contributed by atoms with Crippen LogP contribution in [-0.2, 0) is 10.2 Å². The number of ether oxygens (including phenoxy) is 1. The van der Waals surface area contributed by atoms with Gasteiger partial charge in [-0.15, -0.1) is 0 Å². The third-order valence-electron chi connectivity index (χ3n) is 3.31. The minimum Gasteiger partial charge on any atom is -0.359 e. The van der Waals surface area contributed by atoms with E-state index in [2.05, 4.69) is 36.5 Å². The fourth-order valence-electron chi connectivity index (χ4n) is 2.43. The van der Waals surface area contributed by atoms with E-state index in [-0.39, 0.29) is 11.6 Å². The van der Waals surface area contributed by atoms with Crippen molar-refractivity contribution in [2.75, 3.05) is 11.9 Å². The van der Waals surface area contributed by atoms with Crippen LogP contribution in [0.2, 0.25) is 0 Å². The molecule has 2 nitrogen and oxygen atoms in total. The summed E-state index contributed by atoms with van der Waals surface area (Å²) in [4.78, 5) is 0. The molecule has 2 heteroatoms. The Bertz CT molecular complexity index is 350. The quantitative estimate of drug-likeness (QED) is 0.652. The van der Waals surface area contributed by atoms with Crippen molar-refractivity contribution in [3.63, 3.8) is 0 Å². The number of nitrogens with one attached hydrogen (secondary N) is 1. The molecule has 0 saturated carbocycles. The zero-order valence-electron chi connectivity index (χ0n) is 7.71. The van der Waals surface area contributed by atoms with Crippen LogP contribution in [0.25, 0.3) is 0 Å². The summed E-state index contributed by atoms with van der Waals surface area (Å²) in [6, 6.07) is 8.50. The lowest BCUT2D eigenvalue weighted by atomic mass is 9.82. The minimum absolute atomic E-state index is 0.199. The highest BCUT2D eigenvalue weighted by molar-refractivity contribution is 5.61. The molecule has 1 aromatic carbocycles. The Labute approximate surface area is 77.9 Å². The number of hydrogen-bond acceptors (Lipinski definition) is 2. The molecular formula is C11H13NO. The second-order valence-electron chi connectivity index (χ2n) is 4.11. The van der Waals surface area contributed by atoms with Gasteiger partial charge in [-0.2, -0.15) is 0 Å². The molecule has 0 radical (unpaired) electrons. The van der Waals surface area contributed by atoms with E-state index in [9.17, 15) is 0 Å². The zero-order valence-corrected chi connectivity index (χ0v) is 7.71. The number of benzene rings is 1. The van der Waals surface area contributed by atoms with Crippen molar-refractivity contribution >= 4 is 5.69 Å². The highest BCUT2D eigenvalue weighted by Gasteiger charge is 2.47. The molecule has 1 fully saturated rings. The van der Waals surface area contributed by atoms with Crippen LogP contribution in [0.4, 0.5) is 5.69 Å². The van der Waals surface area contributed by atoms with Gasteiger partial charge in [-0.3, -0.25) is 0 Å². The molecule has 13 heavy (non-hydrogen) atoms. The van der Waals surface area contributed by atoms with Gasteiger partial charge in [0.15, 0.2) is 0 Å². The van der Waals surface area contributed by atoms with Crippen molar-refractivity contribution in [1.82, 2.24) is 0 Å². The Morgan fingerprint density at radius 1 is 1.46 bits per heavy atom. The van der Waals surface area contributed by atoms with Gasteiger partial charge in [0.1, 0.15) is 6.23 Å². The molecule has 0 unspecified atom stereocenters. The highest BCUT2D eigenvalue weighted by Crippen LogP contribution is 2.46. The number of hydrogen-bond donors (Lipinski definition) is 1. The summed E-state index contributed by atoms with van der Waals surface area (Å²) in [5.74, 6) is 0. The third kappa shape index (κ3) is 0.814. The average molecular weight is 175 g/mol. The van der Waals surface area contributed by atoms with Gasteiger partial charge in [0, 0.05) is 11.1 Å². The maximum absolute atomic E-state index is 5.65. The van der Waals surface area contributed by atoms with Gasteiger partial charge >= 0.3 is 0 Å². The van der Waals surface area contributed by atoms with Gasteiger partial charge in [-0.25, -0.2) is 0 Å². The number of fused-ring (bicyclic) bond motifs is 3. The Hall–Kier alpha value is -1.02. The molecular weight excluding hydrogens is 162 g/mol. The molecule has 1 saturated heterocycles. The third-order valence-corrected chi connectivity index (χ3v) is 3.31. The zero-order chi connectivity index (χ0) is 8.89. The second kappa shape index (κ2) is 2.26. The molecule has 0 aliphatic carbocycles. The minimum atomic E-state index is 0.199. The van der Waals surface area contributed by atoms with E-state index in [1.165, 1.54) is 11.3 Å². The molecule has 2 heterocycles. The molecule has 0 bridgehead atoms. The lowest BCUT2D eigenvalue weighted by Gasteiger charge is -2.21. The summed E-state index contributed by atoms with van der Waals surface area (Å²) in [6.07, 6.45) is 1.33. The van der Waals surface area contributed by atoms with Gasteiger partial charge in [0.25, 0.3) is 0 Å². The van der Waals surface area contributed by atoms with E-state index in [0.29, 0.717) is 0 Å². The first-order valence-corrected chi connectivity index (χ1v) is 4.78. The molecule has 0 amide bonds. The van der Waals surface area contributed by atoms with Gasteiger partial charge < -0.3 is 10.1 Å². The molecule has 0 spiro atoms. The molecule has 1 aromatic rings. The largest absolute Gasteiger partial charge is 0.359 e. The summed E-state index contributed by atoms with van der Waals surface area (Å²) >= 11 is 0. The van der Waals surface area contributed by atoms with Crippen LogP contribution >= 0.6 is 0 Å². The molecule has 0 aromatic heterocycles. The van der Waals surface area contributed by atoms with Crippen molar-refractivity contribution in [3.05, 3.63) is 29.8 Å². The smallest absolute Gasteiger partial charge is 0.137 e. The van der Waals surface area contributed by atoms with Crippen LogP contribution < -0.4 is 5.32 Å². The van der Waals surface area contributed by atoms with Gasteiger partial charge in [-0.05, 0) is 18.1 Å². The maximum atomic E-state index is 5.65. The standard InChI is InChI=1S/C11H13NO/c1-11-6-7-13-10(11)12-9-5-3-2-4-8(9)11/h2-5,10,12H,6-7H2,1H3/t10-,11-/m0/s1. The summed E-state index contributed by atoms with van der Waals surface area (Å²) in [6.45, 7) is 3.16. The van der Waals surface area contributed by atoms with E-state index in [1.807, 2.05) is 0 Å². The summed E-state index contributed by atoms with van der Waals surface area (Å²) in [5.41, 5.74) is 2.86. The van der Waals surface area contributed by atoms with Crippen LogP contribution in [0, 0.1) is 0 Å². The van der Waals surface area contributed by atoms with Crippen molar-refractivity contribution in [1.29, 1.82) is 0 Å². The first kappa shape index (κ1) is 7.39. The first-order valence-electron chi connectivity index (χ1n) is 4.78. The van der Waals surface area contributed by atoms with E-state index < -0.39 is 0 Å². The Morgan fingerprint density at radius 2 is 2.31 bits per heavy atom. The predicted molar refractivity (Wildman–Crippen MR) is 51.8 cm³/mol. The van der Waals surface area contributed by atoms with E-state index in [4.69, 9.17) is 4.74 Å². The van der Waals surface area contributed by atoms with Crippen molar-refractivity contribution in [3.8, 4) is 0 Å². The number of anilines is 1. The first-order chi connectivity index (χ1) is 6.31. The predicted octanol–water partition coefficient (Wildman–Crippen LogP) is 2.12. The molecule has 2 aliphatic rings. The Morgan fingerprint density at radius 3 is 3.23 bits per heavy atom. The van der Waals surface area contributed by atoms with E-state index >= 15 is 0 Å². The number of rotatable bonds is 0. The summed E-state index contributed by atoms with van der Waals surface area (Å²) in [5, 5.41) is 3.41. The maximum Gasteiger partial charge on any atom is 0.137 e. The van der Waals surface area contributed by atoms with Crippen molar-refractivity contribution < 1.29 is 4.74 Å². The Balaban J connectivity index is 2.17. The fraction of sp³-hybridized carbons (Fsp3) is 0.455. The van der Waals surface area contributed by atoms with E-state index in [1.54, 1.807) is 0 Å². The normalized spacial score (nSPS) is 35.3. The number of para-hydroxylation sites is 1. The van der Waals surface area contributed by atoms with Crippen molar-refractivity contribution in [2.45, 2.75) is 25.0 Å². The SMILES string of the molecule is C[C@@]12CCO[C@@H]1Nc1ccccc12. The topological polar surface area (TPSA) is 21.3 Å². The molecule has 2 atom stereocenters. The van der Waals surface area contributed by atoms with Crippen LogP contribution in [-0.4, -0.2) is 12.8 Å². The molecule has 2 aliphatic heterocycles. The molecule has 1 N–H and O–H groups in total. The summed E-state index contributed by atoms with van der Waals surface area (Å²) < 4.78 is 5.65. The van der Waals surface area contributed by atoms with Crippen LogP contribution in [0.1, 0.15) is 18.9 Å². The summed E-state index contributed by atoms with van der Waals surface area (Å²) in [7, 11) is 0. The van der Waals surface area contributed by atoms with Gasteiger partial charge in [0.2, 0.25) is 0 Å². The molecule has 3 rings (SSSR count). The lowest BCUT2D eigenvalue weighted by Crippen LogP contribution is -2.31. The lowest BCUT2D eigenvalue weighted by molar-refractivity contribution is 0.112. The highest BCUT2D eigenvalue weighted by atomic mass is 16.5. The van der Waals surface area contributed by atoms with Gasteiger partial charge in [-0.1, -0.05) is 25.1 Å².